The van der Waals surface area contributed by atoms with Crippen molar-refractivity contribution < 1.29 is 9.59 Å². The minimum atomic E-state index is -0.193. The first-order valence-electron chi connectivity index (χ1n) is 8.89. The number of benzene rings is 2. The standard InChI is InChI=1S/C22H22N2O2S/c1-3-18-11-12-19(27-18)14-23-21(25)17-10-9-15(2)20(13-17)24-22(26)16-7-5-4-6-8-16/h4-13H,3,14H2,1-2H3,(H,23,25)(H,24,26). The molecule has 0 aliphatic carbocycles. The Hall–Kier alpha value is -2.92. The van der Waals surface area contributed by atoms with Crippen LogP contribution < -0.4 is 10.6 Å². The number of hydrogen-bond donors (Lipinski definition) is 2. The first kappa shape index (κ1) is 18.9. The van der Waals surface area contributed by atoms with Crippen LogP contribution in [0.1, 0.15) is 43.0 Å². The summed E-state index contributed by atoms with van der Waals surface area (Å²) >= 11 is 1.71. The van der Waals surface area contributed by atoms with E-state index in [2.05, 4.69) is 23.6 Å². The van der Waals surface area contributed by atoms with Gasteiger partial charge in [0.15, 0.2) is 0 Å². The minimum absolute atomic E-state index is 0.156. The molecule has 2 aromatic carbocycles. The van der Waals surface area contributed by atoms with Gasteiger partial charge in [0.25, 0.3) is 11.8 Å². The van der Waals surface area contributed by atoms with E-state index in [9.17, 15) is 9.59 Å². The molecule has 0 saturated carbocycles. The second-order valence-electron chi connectivity index (χ2n) is 6.25. The molecule has 0 atom stereocenters. The smallest absolute Gasteiger partial charge is 0.255 e. The van der Waals surface area contributed by atoms with Crippen molar-refractivity contribution in [3.8, 4) is 0 Å². The molecule has 4 nitrogen and oxygen atoms in total. The van der Waals surface area contributed by atoms with Crippen LogP contribution in [0.2, 0.25) is 0 Å². The summed E-state index contributed by atoms with van der Waals surface area (Å²) in [6, 6.07) is 18.5. The van der Waals surface area contributed by atoms with Crippen LogP contribution in [0.5, 0.6) is 0 Å². The Balaban J connectivity index is 1.68. The number of anilines is 1. The monoisotopic (exact) mass is 378 g/mol. The molecule has 1 aromatic heterocycles. The fourth-order valence-electron chi connectivity index (χ4n) is 2.66. The van der Waals surface area contributed by atoms with Crippen LogP contribution in [-0.2, 0) is 13.0 Å². The summed E-state index contributed by atoms with van der Waals surface area (Å²) in [7, 11) is 0. The van der Waals surface area contributed by atoms with Gasteiger partial charge in [0.1, 0.15) is 0 Å². The number of rotatable bonds is 6. The quantitative estimate of drug-likeness (QED) is 0.647. The normalized spacial score (nSPS) is 10.4. The molecule has 27 heavy (non-hydrogen) atoms. The zero-order valence-corrected chi connectivity index (χ0v) is 16.2. The van der Waals surface area contributed by atoms with Crippen molar-refractivity contribution in [2.75, 3.05) is 5.32 Å². The number of amides is 2. The van der Waals surface area contributed by atoms with E-state index < -0.39 is 0 Å². The summed E-state index contributed by atoms with van der Waals surface area (Å²) < 4.78 is 0. The zero-order valence-electron chi connectivity index (χ0n) is 15.4. The SMILES string of the molecule is CCc1ccc(CNC(=O)c2ccc(C)c(NC(=O)c3ccccc3)c2)s1. The first-order valence-corrected chi connectivity index (χ1v) is 9.71. The highest BCUT2D eigenvalue weighted by atomic mass is 32.1. The minimum Gasteiger partial charge on any atom is -0.347 e. The highest BCUT2D eigenvalue weighted by molar-refractivity contribution is 7.11. The van der Waals surface area contributed by atoms with Gasteiger partial charge >= 0.3 is 0 Å². The van der Waals surface area contributed by atoms with Crippen molar-refractivity contribution >= 4 is 28.8 Å². The summed E-state index contributed by atoms with van der Waals surface area (Å²) in [5, 5.41) is 5.83. The molecule has 5 heteroatoms. The van der Waals surface area contributed by atoms with Crippen molar-refractivity contribution in [1.29, 1.82) is 0 Å². The molecule has 1 heterocycles. The summed E-state index contributed by atoms with van der Waals surface area (Å²) in [6.07, 6.45) is 1.00. The molecule has 0 aliphatic rings. The summed E-state index contributed by atoms with van der Waals surface area (Å²) in [4.78, 5) is 27.3. The highest BCUT2D eigenvalue weighted by Crippen LogP contribution is 2.19. The maximum absolute atomic E-state index is 12.5. The lowest BCUT2D eigenvalue weighted by Crippen LogP contribution is -2.22. The topological polar surface area (TPSA) is 58.2 Å². The van der Waals surface area contributed by atoms with Crippen molar-refractivity contribution in [2.24, 2.45) is 0 Å². The Morgan fingerprint density at radius 1 is 0.889 bits per heavy atom. The van der Waals surface area contributed by atoms with Crippen LogP contribution >= 0.6 is 11.3 Å². The maximum atomic E-state index is 12.5. The average molecular weight is 378 g/mol. The van der Waals surface area contributed by atoms with Gasteiger partial charge in [0, 0.05) is 26.6 Å². The third-order valence-corrected chi connectivity index (χ3v) is 5.50. The average Bonchev–Trinajstić information content (AvgIpc) is 3.16. The fraction of sp³-hybridized carbons (Fsp3) is 0.182. The van der Waals surface area contributed by atoms with Crippen LogP contribution in [0.25, 0.3) is 0 Å². The number of carbonyl (C=O) groups is 2. The van der Waals surface area contributed by atoms with Crippen LogP contribution in [0.15, 0.2) is 60.7 Å². The zero-order chi connectivity index (χ0) is 19.2. The van der Waals surface area contributed by atoms with Gasteiger partial charge < -0.3 is 10.6 Å². The molecule has 3 rings (SSSR count). The van der Waals surface area contributed by atoms with Gasteiger partial charge in [0.05, 0.1) is 6.54 Å². The van der Waals surface area contributed by atoms with Gasteiger partial charge in [-0.3, -0.25) is 9.59 Å². The first-order chi connectivity index (χ1) is 13.1. The van der Waals surface area contributed by atoms with Gasteiger partial charge in [-0.05, 0) is 55.3 Å². The molecule has 138 valence electrons. The number of carbonyl (C=O) groups excluding carboxylic acids is 2. The summed E-state index contributed by atoms with van der Waals surface area (Å²) in [5.74, 6) is -0.349. The lowest BCUT2D eigenvalue weighted by molar-refractivity contribution is 0.0950. The van der Waals surface area contributed by atoms with E-state index in [0.717, 1.165) is 16.9 Å². The lowest BCUT2D eigenvalue weighted by atomic mass is 10.1. The fourth-order valence-corrected chi connectivity index (χ4v) is 3.56. The number of hydrogen-bond acceptors (Lipinski definition) is 3. The van der Waals surface area contributed by atoms with Gasteiger partial charge in [-0.1, -0.05) is 31.2 Å². The Labute approximate surface area is 163 Å². The highest BCUT2D eigenvalue weighted by Gasteiger charge is 2.11. The summed E-state index contributed by atoms with van der Waals surface area (Å²) in [6.45, 7) is 4.52. The third-order valence-electron chi connectivity index (χ3n) is 4.27. The van der Waals surface area contributed by atoms with E-state index in [4.69, 9.17) is 0 Å². The Morgan fingerprint density at radius 2 is 1.63 bits per heavy atom. The lowest BCUT2D eigenvalue weighted by Gasteiger charge is -2.11. The van der Waals surface area contributed by atoms with E-state index in [0.29, 0.717) is 23.4 Å². The van der Waals surface area contributed by atoms with Crippen molar-refractivity contribution in [2.45, 2.75) is 26.8 Å². The van der Waals surface area contributed by atoms with Crippen molar-refractivity contribution in [1.82, 2.24) is 5.32 Å². The molecular weight excluding hydrogens is 356 g/mol. The maximum Gasteiger partial charge on any atom is 0.255 e. The molecule has 0 unspecified atom stereocenters. The van der Waals surface area contributed by atoms with Crippen LogP contribution in [0, 0.1) is 6.92 Å². The molecular formula is C22H22N2O2S. The largest absolute Gasteiger partial charge is 0.347 e. The van der Waals surface area contributed by atoms with Gasteiger partial charge in [0.2, 0.25) is 0 Å². The molecule has 0 radical (unpaired) electrons. The molecule has 0 bridgehead atoms. The number of nitrogens with one attached hydrogen (secondary N) is 2. The van der Waals surface area contributed by atoms with Crippen LogP contribution in [0.3, 0.4) is 0 Å². The Bertz CT molecular complexity index is 948. The van der Waals surface area contributed by atoms with Crippen LogP contribution in [0.4, 0.5) is 5.69 Å². The number of thiophene rings is 1. The van der Waals surface area contributed by atoms with Gasteiger partial charge in [-0.15, -0.1) is 11.3 Å². The van der Waals surface area contributed by atoms with E-state index in [1.807, 2.05) is 37.3 Å². The molecule has 2 N–H and O–H groups in total. The predicted molar refractivity (Wildman–Crippen MR) is 110 cm³/mol. The Morgan fingerprint density at radius 3 is 2.33 bits per heavy atom. The number of aryl methyl sites for hydroxylation is 2. The second kappa shape index (κ2) is 8.64. The van der Waals surface area contributed by atoms with E-state index in [1.54, 1.807) is 35.6 Å². The van der Waals surface area contributed by atoms with Gasteiger partial charge in [-0.2, -0.15) is 0 Å². The van der Waals surface area contributed by atoms with Crippen molar-refractivity contribution in [3.63, 3.8) is 0 Å². The molecule has 0 spiro atoms. The second-order valence-corrected chi connectivity index (χ2v) is 7.51. The predicted octanol–water partition coefficient (Wildman–Crippen LogP) is 4.80. The van der Waals surface area contributed by atoms with Gasteiger partial charge in [-0.25, -0.2) is 0 Å². The molecule has 2 amide bonds. The van der Waals surface area contributed by atoms with E-state index in [-0.39, 0.29) is 11.8 Å². The summed E-state index contributed by atoms with van der Waals surface area (Å²) in [5.41, 5.74) is 2.65. The Kier molecular flexibility index (Phi) is 6.04. The van der Waals surface area contributed by atoms with E-state index >= 15 is 0 Å². The molecule has 3 aromatic rings. The molecule has 0 aliphatic heterocycles. The molecule has 0 saturated heterocycles. The third kappa shape index (κ3) is 4.83. The van der Waals surface area contributed by atoms with Crippen LogP contribution in [-0.4, -0.2) is 11.8 Å². The molecule has 0 fully saturated rings. The van der Waals surface area contributed by atoms with E-state index in [1.165, 1.54) is 4.88 Å². The van der Waals surface area contributed by atoms with Crippen molar-refractivity contribution in [3.05, 3.63) is 87.1 Å².